The fourth-order valence-electron chi connectivity index (χ4n) is 4.51. The summed E-state index contributed by atoms with van der Waals surface area (Å²) in [5.41, 5.74) is 6.12. The number of amides is 1. The number of thiazole rings is 1. The van der Waals surface area contributed by atoms with Crippen LogP contribution in [0.15, 0.2) is 48.0 Å². The molecule has 0 radical (unpaired) electrons. The van der Waals surface area contributed by atoms with Crippen LogP contribution in [0.1, 0.15) is 36.9 Å². The molecule has 1 amide bonds. The lowest BCUT2D eigenvalue weighted by Crippen LogP contribution is -2.47. The predicted molar refractivity (Wildman–Crippen MR) is 106 cm³/mol. The first-order valence-electron chi connectivity index (χ1n) is 9.15. The lowest BCUT2D eigenvalue weighted by atomic mass is 9.73. The molecule has 2 aliphatic rings. The summed E-state index contributed by atoms with van der Waals surface area (Å²) in [7, 11) is 0. The highest BCUT2D eigenvalue weighted by Crippen LogP contribution is 2.45. The van der Waals surface area contributed by atoms with Crippen LogP contribution in [0.25, 0.3) is 10.2 Å². The van der Waals surface area contributed by atoms with Crippen molar-refractivity contribution >= 4 is 33.1 Å². The van der Waals surface area contributed by atoms with Crippen LogP contribution in [-0.4, -0.2) is 28.9 Å². The number of benzene rings is 2. The first-order chi connectivity index (χ1) is 12.7. The standard InChI is InChI=1S/C21H21N3OS/c1-14(15-6-7-19-18(12-15)22-13-26-19)24-10-8-21(9-11-24)16-4-2-3-5-17(16)23-20(21)25/h2-7,12-14H,8-11H2,1H3,(H,23,25). The second-order valence-electron chi connectivity index (χ2n) is 7.37. The quantitative estimate of drug-likeness (QED) is 0.736. The topological polar surface area (TPSA) is 45.2 Å². The molecule has 1 N–H and O–H groups in total. The molecular weight excluding hydrogens is 342 g/mol. The van der Waals surface area contributed by atoms with Gasteiger partial charge in [0.15, 0.2) is 0 Å². The Morgan fingerprint density at radius 3 is 2.85 bits per heavy atom. The molecule has 132 valence electrons. The minimum absolute atomic E-state index is 0.176. The van der Waals surface area contributed by atoms with Gasteiger partial charge in [0.05, 0.1) is 21.1 Å². The molecule has 5 heteroatoms. The maximum atomic E-state index is 12.7. The number of para-hydroxylation sites is 1. The normalized spacial score (nSPS) is 20.3. The Kier molecular flexibility index (Phi) is 3.62. The molecule has 5 rings (SSSR count). The average molecular weight is 363 g/mol. The van der Waals surface area contributed by atoms with Crippen LogP contribution in [0, 0.1) is 0 Å². The summed E-state index contributed by atoms with van der Waals surface area (Å²) in [5, 5.41) is 3.09. The van der Waals surface area contributed by atoms with Crippen LogP contribution in [0.4, 0.5) is 5.69 Å². The van der Waals surface area contributed by atoms with Crippen LogP contribution in [0.5, 0.6) is 0 Å². The Bertz CT molecular complexity index is 988. The molecule has 4 nitrogen and oxygen atoms in total. The SMILES string of the molecule is CC(c1ccc2scnc2c1)N1CCC2(CC1)C(=O)Nc1ccccc12. The van der Waals surface area contributed by atoms with Crippen LogP contribution >= 0.6 is 11.3 Å². The highest BCUT2D eigenvalue weighted by Gasteiger charge is 2.48. The monoisotopic (exact) mass is 363 g/mol. The third-order valence-corrected chi connectivity index (χ3v) is 6.97. The van der Waals surface area contributed by atoms with Crippen LogP contribution in [0.3, 0.4) is 0 Å². The summed E-state index contributed by atoms with van der Waals surface area (Å²) < 4.78 is 1.23. The Labute approximate surface area is 156 Å². The number of nitrogens with one attached hydrogen (secondary N) is 1. The average Bonchev–Trinajstić information content (AvgIpc) is 3.25. The third-order valence-electron chi connectivity index (χ3n) is 6.16. The van der Waals surface area contributed by atoms with Gasteiger partial charge in [0, 0.05) is 24.8 Å². The second-order valence-corrected chi connectivity index (χ2v) is 8.26. The maximum absolute atomic E-state index is 12.7. The summed E-state index contributed by atoms with van der Waals surface area (Å²) >= 11 is 1.68. The Morgan fingerprint density at radius 1 is 1.19 bits per heavy atom. The van der Waals surface area contributed by atoms with Crippen molar-refractivity contribution in [3.05, 3.63) is 59.1 Å². The lowest BCUT2D eigenvalue weighted by molar-refractivity contribution is -0.122. The van der Waals surface area contributed by atoms with E-state index in [1.165, 1.54) is 15.8 Å². The second kappa shape index (κ2) is 5.89. The van der Waals surface area contributed by atoms with Gasteiger partial charge in [0.2, 0.25) is 5.91 Å². The summed E-state index contributed by atoms with van der Waals surface area (Å²) in [6.07, 6.45) is 1.75. The molecular formula is C21H21N3OS. The minimum Gasteiger partial charge on any atom is -0.325 e. The molecule has 0 bridgehead atoms. The number of carbonyl (C=O) groups excluding carboxylic acids is 1. The number of aromatic nitrogens is 1. The Morgan fingerprint density at radius 2 is 2.00 bits per heavy atom. The first kappa shape index (κ1) is 16.0. The van der Waals surface area contributed by atoms with Gasteiger partial charge in [-0.1, -0.05) is 24.3 Å². The van der Waals surface area contributed by atoms with Crippen molar-refractivity contribution in [2.24, 2.45) is 0 Å². The molecule has 1 unspecified atom stereocenters. The van der Waals surface area contributed by atoms with Crippen molar-refractivity contribution in [3.8, 4) is 0 Å². The van der Waals surface area contributed by atoms with Gasteiger partial charge in [0.25, 0.3) is 0 Å². The van der Waals surface area contributed by atoms with E-state index in [2.05, 4.69) is 46.4 Å². The molecule has 1 saturated heterocycles. The summed E-state index contributed by atoms with van der Waals surface area (Å²) in [6, 6.07) is 15.1. The molecule has 26 heavy (non-hydrogen) atoms. The van der Waals surface area contributed by atoms with Crippen molar-refractivity contribution in [2.75, 3.05) is 18.4 Å². The van der Waals surface area contributed by atoms with E-state index < -0.39 is 0 Å². The number of fused-ring (bicyclic) bond motifs is 3. The van der Waals surface area contributed by atoms with Gasteiger partial charge in [-0.15, -0.1) is 11.3 Å². The fraction of sp³-hybridized carbons (Fsp3) is 0.333. The first-order valence-corrected chi connectivity index (χ1v) is 10.0. The smallest absolute Gasteiger partial charge is 0.235 e. The van der Waals surface area contributed by atoms with Gasteiger partial charge in [-0.25, -0.2) is 4.98 Å². The third kappa shape index (κ3) is 2.31. The number of nitrogens with zero attached hydrogens (tertiary/aromatic N) is 2. The van der Waals surface area contributed by atoms with Gasteiger partial charge < -0.3 is 5.32 Å². The number of carbonyl (C=O) groups is 1. The fourth-order valence-corrected chi connectivity index (χ4v) is 5.17. The van der Waals surface area contributed by atoms with E-state index >= 15 is 0 Å². The van der Waals surface area contributed by atoms with Gasteiger partial charge >= 0.3 is 0 Å². The van der Waals surface area contributed by atoms with E-state index in [0.29, 0.717) is 6.04 Å². The Hall–Kier alpha value is -2.24. The number of hydrogen-bond acceptors (Lipinski definition) is 4. The Balaban J connectivity index is 1.38. The largest absolute Gasteiger partial charge is 0.325 e. The molecule has 3 heterocycles. The highest BCUT2D eigenvalue weighted by atomic mass is 32.1. The van der Waals surface area contributed by atoms with Gasteiger partial charge in [-0.3, -0.25) is 9.69 Å². The molecule has 2 aliphatic heterocycles. The van der Waals surface area contributed by atoms with Crippen molar-refractivity contribution < 1.29 is 4.79 Å². The van der Waals surface area contributed by atoms with Gasteiger partial charge in [-0.2, -0.15) is 0 Å². The molecule has 3 aromatic rings. The zero-order chi connectivity index (χ0) is 17.7. The molecule has 1 spiro atoms. The van der Waals surface area contributed by atoms with Gasteiger partial charge in [-0.05, 0) is 49.1 Å². The van der Waals surface area contributed by atoms with Crippen LogP contribution in [-0.2, 0) is 10.2 Å². The zero-order valence-electron chi connectivity index (χ0n) is 14.7. The minimum atomic E-state index is -0.342. The molecule has 1 fully saturated rings. The number of likely N-dealkylation sites (tertiary alicyclic amines) is 1. The maximum Gasteiger partial charge on any atom is 0.235 e. The van der Waals surface area contributed by atoms with E-state index in [0.717, 1.165) is 37.1 Å². The van der Waals surface area contributed by atoms with E-state index in [9.17, 15) is 4.79 Å². The van der Waals surface area contributed by atoms with E-state index in [1.54, 1.807) is 11.3 Å². The molecule has 1 aromatic heterocycles. The summed E-state index contributed by atoms with van der Waals surface area (Å²) in [4.78, 5) is 19.7. The van der Waals surface area contributed by atoms with Crippen molar-refractivity contribution in [1.82, 2.24) is 9.88 Å². The number of anilines is 1. The summed E-state index contributed by atoms with van der Waals surface area (Å²) in [6.45, 7) is 4.12. The van der Waals surface area contributed by atoms with Crippen molar-refractivity contribution in [2.45, 2.75) is 31.2 Å². The zero-order valence-corrected chi connectivity index (χ0v) is 15.6. The van der Waals surface area contributed by atoms with E-state index in [4.69, 9.17) is 0 Å². The molecule has 0 saturated carbocycles. The van der Waals surface area contributed by atoms with E-state index in [1.807, 2.05) is 23.7 Å². The number of rotatable bonds is 2. The van der Waals surface area contributed by atoms with E-state index in [-0.39, 0.29) is 11.3 Å². The molecule has 1 atom stereocenters. The predicted octanol–water partition coefficient (Wildman–Crippen LogP) is 4.34. The van der Waals surface area contributed by atoms with Crippen molar-refractivity contribution in [1.29, 1.82) is 0 Å². The highest BCUT2D eigenvalue weighted by molar-refractivity contribution is 7.16. The summed E-state index contributed by atoms with van der Waals surface area (Å²) in [5.74, 6) is 0.176. The van der Waals surface area contributed by atoms with Crippen molar-refractivity contribution in [3.63, 3.8) is 0 Å². The lowest BCUT2D eigenvalue weighted by Gasteiger charge is -2.40. The number of piperidine rings is 1. The van der Waals surface area contributed by atoms with Crippen LogP contribution in [0.2, 0.25) is 0 Å². The molecule has 2 aromatic carbocycles. The number of hydrogen-bond donors (Lipinski definition) is 1. The van der Waals surface area contributed by atoms with Crippen LogP contribution < -0.4 is 5.32 Å². The molecule has 0 aliphatic carbocycles. The van der Waals surface area contributed by atoms with Gasteiger partial charge in [0.1, 0.15) is 0 Å².